The predicted octanol–water partition coefficient (Wildman–Crippen LogP) is 1.69. The zero-order chi connectivity index (χ0) is 18.0. The van der Waals surface area contributed by atoms with Gasteiger partial charge in [-0.2, -0.15) is 0 Å². The minimum absolute atomic E-state index is 0.181. The fourth-order valence-corrected chi connectivity index (χ4v) is 3.43. The maximum Gasteiger partial charge on any atom is 0.325 e. The van der Waals surface area contributed by atoms with Gasteiger partial charge in [0, 0.05) is 37.3 Å². The lowest BCUT2D eigenvalue weighted by Gasteiger charge is -2.15. The number of hydrogen-bond acceptors (Lipinski definition) is 6. The predicted molar refractivity (Wildman–Crippen MR) is 93.9 cm³/mol. The van der Waals surface area contributed by atoms with Crippen molar-refractivity contribution >= 4 is 23.7 Å². The fourth-order valence-electron chi connectivity index (χ4n) is 2.59. The van der Waals surface area contributed by atoms with E-state index in [1.807, 2.05) is 23.7 Å². The Labute approximate surface area is 150 Å². The molecule has 0 unspecified atom stereocenters. The van der Waals surface area contributed by atoms with Gasteiger partial charge in [0.15, 0.2) is 11.0 Å². The molecule has 3 heterocycles. The van der Waals surface area contributed by atoms with E-state index in [4.69, 9.17) is 0 Å². The highest BCUT2D eigenvalue weighted by Gasteiger charge is 2.43. The highest BCUT2D eigenvalue weighted by atomic mass is 32.2. The Bertz CT molecular complexity index is 789. The van der Waals surface area contributed by atoms with Gasteiger partial charge >= 0.3 is 6.03 Å². The number of carbonyl (C=O) groups is 2. The quantitative estimate of drug-likeness (QED) is 0.479. The largest absolute Gasteiger partial charge is 0.325 e. The lowest BCUT2D eigenvalue weighted by molar-refractivity contribution is -0.130. The summed E-state index contributed by atoms with van der Waals surface area (Å²) in [6.07, 6.45) is 4.15. The minimum atomic E-state index is -0.813. The third-order valence-electron chi connectivity index (χ3n) is 3.96. The first-order valence-electron chi connectivity index (χ1n) is 7.97. The smallest absolute Gasteiger partial charge is 0.324 e. The monoisotopic (exact) mass is 360 g/mol. The Morgan fingerprint density at radius 2 is 2.08 bits per heavy atom. The first-order valence-corrected chi connectivity index (χ1v) is 8.95. The molecule has 1 aliphatic heterocycles. The van der Waals surface area contributed by atoms with E-state index < -0.39 is 5.54 Å². The van der Waals surface area contributed by atoms with Crippen LogP contribution in [0.25, 0.3) is 11.4 Å². The van der Waals surface area contributed by atoms with Crippen LogP contribution in [0.3, 0.4) is 0 Å². The number of imide groups is 1. The SMILES string of the molecule is Cn1c(SCCCN2C(=O)NC(C)(C)C2=O)nnc1-c1cccnc1. The molecule has 8 nitrogen and oxygen atoms in total. The van der Waals surface area contributed by atoms with Crippen LogP contribution in [0.15, 0.2) is 29.7 Å². The van der Waals surface area contributed by atoms with Gasteiger partial charge in [0.05, 0.1) is 0 Å². The van der Waals surface area contributed by atoms with Crippen LogP contribution in [0.5, 0.6) is 0 Å². The van der Waals surface area contributed by atoms with Crippen molar-refractivity contribution in [1.29, 1.82) is 0 Å². The molecule has 0 radical (unpaired) electrons. The Morgan fingerprint density at radius 3 is 2.72 bits per heavy atom. The van der Waals surface area contributed by atoms with E-state index in [2.05, 4.69) is 20.5 Å². The molecule has 3 rings (SSSR count). The van der Waals surface area contributed by atoms with Crippen molar-refractivity contribution in [3.63, 3.8) is 0 Å². The molecule has 0 spiro atoms. The maximum absolute atomic E-state index is 12.1. The van der Waals surface area contributed by atoms with E-state index in [9.17, 15) is 9.59 Å². The van der Waals surface area contributed by atoms with Crippen molar-refractivity contribution in [2.45, 2.75) is 31.0 Å². The van der Waals surface area contributed by atoms with Crippen molar-refractivity contribution in [2.75, 3.05) is 12.3 Å². The van der Waals surface area contributed by atoms with E-state index >= 15 is 0 Å². The van der Waals surface area contributed by atoms with Crippen LogP contribution >= 0.6 is 11.8 Å². The van der Waals surface area contributed by atoms with Crippen LogP contribution in [0.1, 0.15) is 20.3 Å². The Balaban J connectivity index is 1.55. The molecule has 2 aromatic rings. The lowest BCUT2D eigenvalue weighted by atomic mass is 10.1. The number of pyridine rings is 1. The van der Waals surface area contributed by atoms with Crippen molar-refractivity contribution < 1.29 is 9.59 Å². The average Bonchev–Trinajstić information content (AvgIpc) is 3.03. The lowest BCUT2D eigenvalue weighted by Crippen LogP contribution is -2.40. The van der Waals surface area contributed by atoms with Gasteiger partial charge in [-0.15, -0.1) is 10.2 Å². The number of nitrogens with zero attached hydrogens (tertiary/aromatic N) is 5. The second kappa shape index (κ2) is 6.83. The molecule has 1 N–H and O–H groups in total. The van der Waals surface area contributed by atoms with Gasteiger partial charge in [-0.1, -0.05) is 11.8 Å². The summed E-state index contributed by atoms with van der Waals surface area (Å²) in [5.41, 5.74) is 0.0952. The summed E-state index contributed by atoms with van der Waals surface area (Å²) >= 11 is 1.55. The van der Waals surface area contributed by atoms with Gasteiger partial charge in [-0.25, -0.2) is 4.79 Å². The normalized spacial score (nSPS) is 16.4. The molecule has 0 aliphatic carbocycles. The zero-order valence-corrected chi connectivity index (χ0v) is 15.2. The second-order valence-corrected chi connectivity index (χ2v) is 7.38. The summed E-state index contributed by atoms with van der Waals surface area (Å²) < 4.78 is 1.92. The molecule has 1 saturated heterocycles. The molecule has 0 saturated carbocycles. The molecule has 0 aromatic carbocycles. The van der Waals surface area contributed by atoms with Crippen LogP contribution in [-0.4, -0.2) is 54.4 Å². The zero-order valence-electron chi connectivity index (χ0n) is 14.4. The molecular weight excluding hydrogens is 340 g/mol. The van der Waals surface area contributed by atoms with Crippen molar-refractivity contribution in [1.82, 2.24) is 30.0 Å². The second-order valence-electron chi connectivity index (χ2n) is 6.32. The van der Waals surface area contributed by atoms with Crippen molar-refractivity contribution in [3.05, 3.63) is 24.5 Å². The number of rotatable bonds is 6. The number of thioether (sulfide) groups is 1. The third kappa shape index (κ3) is 3.51. The van der Waals surface area contributed by atoms with Gasteiger partial charge in [0.1, 0.15) is 5.54 Å². The molecule has 0 atom stereocenters. The summed E-state index contributed by atoms with van der Waals surface area (Å²) in [5, 5.41) is 11.9. The summed E-state index contributed by atoms with van der Waals surface area (Å²) in [6, 6.07) is 3.47. The molecular formula is C16H20N6O2S. The number of carbonyl (C=O) groups excluding carboxylic acids is 2. The van der Waals surface area contributed by atoms with Crippen molar-refractivity contribution in [3.8, 4) is 11.4 Å². The number of amides is 3. The van der Waals surface area contributed by atoms with Crippen LogP contribution in [0.2, 0.25) is 0 Å². The molecule has 25 heavy (non-hydrogen) atoms. The van der Waals surface area contributed by atoms with E-state index in [1.54, 1.807) is 38.0 Å². The Morgan fingerprint density at radius 1 is 1.28 bits per heavy atom. The summed E-state index contributed by atoms with van der Waals surface area (Å²) in [6.45, 7) is 3.82. The molecule has 0 bridgehead atoms. The molecule has 9 heteroatoms. The molecule has 1 fully saturated rings. The maximum atomic E-state index is 12.1. The minimum Gasteiger partial charge on any atom is -0.324 e. The fraction of sp³-hybridized carbons (Fsp3) is 0.438. The van der Waals surface area contributed by atoms with E-state index in [0.717, 1.165) is 22.3 Å². The van der Waals surface area contributed by atoms with Crippen LogP contribution in [0, 0.1) is 0 Å². The average molecular weight is 360 g/mol. The number of hydrogen-bond donors (Lipinski definition) is 1. The van der Waals surface area contributed by atoms with Gasteiger partial charge in [-0.3, -0.25) is 14.7 Å². The van der Waals surface area contributed by atoms with E-state index in [0.29, 0.717) is 13.0 Å². The number of aromatic nitrogens is 4. The highest BCUT2D eigenvalue weighted by molar-refractivity contribution is 7.99. The van der Waals surface area contributed by atoms with Gasteiger partial charge < -0.3 is 9.88 Å². The number of nitrogens with one attached hydrogen (secondary N) is 1. The molecule has 2 aromatic heterocycles. The van der Waals surface area contributed by atoms with E-state index in [1.165, 1.54) is 4.90 Å². The highest BCUT2D eigenvalue weighted by Crippen LogP contribution is 2.23. The first-order chi connectivity index (χ1) is 11.9. The molecule has 132 valence electrons. The standard InChI is InChI=1S/C16H20N6O2S/c1-16(2)13(23)22(14(24)18-16)8-5-9-25-15-20-19-12(21(15)3)11-6-4-7-17-10-11/h4,6-7,10H,5,8-9H2,1-3H3,(H,18,24). The molecule has 3 amide bonds. The molecule has 1 aliphatic rings. The van der Waals surface area contributed by atoms with Crippen LogP contribution in [-0.2, 0) is 11.8 Å². The third-order valence-corrected chi connectivity index (χ3v) is 5.06. The van der Waals surface area contributed by atoms with Gasteiger partial charge in [-0.05, 0) is 32.4 Å². The topological polar surface area (TPSA) is 93.0 Å². The van der Waals surface area contributed by atoms with Gasteiger partial charge in [0.25, 0.3) is 5.91 Å². The Kier molecular flexibility index (Phi) is 4.76. The summed E-state index contributed by atoms with van der Waals surface area (Å²) in [4.78, 5) is 29.3. The summed E-state index contributed by atoms with van der Waals surface area (Å²) in [7, 11) is 1.91. The van der Waals surface area contributed by atoms with Crippen LogP contribution < -0.4 is 5.32 Å². The van der Waals surface area contributed by atoms with Gasteiger partial charge in [0.2, 0.25) is 0 Å². The Hall–Kier alpha value is -2.42. The van der Waals surface area contributed by atoms with E-state index in [-0.39, 0.29) is 11.9 Å². The number of urea groups is 1. The van der Waals surface area contributed by atoms with Crippen LogP contribution in [0.4, 0.5) is 4.79 Å². The first kappa shape index (κ1) is 17.4. The summed E-state index contributed by atoms with van der Waals surface area (Å²) in [5.74, 6) is 1.31. The van der Waals surface area contributed by atoms with Crippen molar-refractivity contribution in [2.24, 2.45) is 7.05 Å².